The van der Waals surface area contributed by atoms with Crippen molar-refractivity contribution in [2.45, 2.75) is 56.4 Å². The number of carbonyl (C=O) groups is 3. The number of carboxylic acids is 1. The van der Waals surface area contributed by atoms with Crippen LogP contribution < -0.4 is 10.6 Å². The van der Waals surface area contributed by atoms with Crippen molar-refractivity contribution in [2.24, 2.45) is 11.8 Å². The van der Waals surface area contributed by atoms with E-state index in [-0.39, 0.29) is 24.2 Å². The molecule has 7 heteroatoms. The largest absolute Gasteiger partial charge is 0.481 e. The van der Waals surface area contributed by atoms with Crippen LogP contribution in [0.2, 0.25) is 0 Å². The SMILES string of the molecule is O=C(O)CC1(NC(=O)CC2CCC(CNC(=O)OCC3c4ccccc4-c4ccccc43)C2)CC1. The van der Waals surface area contributed by atoms with Crippen LogP contribution in [0.1, 0.15) is 62.0 Å². The standard InChI is InChI=1S/C28H32N2O5/c31-25(30-28(11-12-28)15-26(32)33)14-18-9-10-19(13-18)16-29-27(34)35-17-24-22-7-3-1-5-20(22)21-6-2-4-8-23(21)24/h1-8,18-19,24H,9-17H2,(H,29,34)(H,30,31)(H,32,33). The zero-order chi connectivity index (χ0) is 24.4. The van der Waals surface area contributed by atoms with Crippen LogP contribution in [0, 0.1) is 11.8 Å². The topological polar surface area (TPSA) is 105 Å². The molecule has 3 aliphatic rings. The van der Waals surface area contributed by atoms with E-state index in [1.807, 2.05) is 24.3 Å². The smallest absolute Gasteiger partial charge is 0.407 e. The van der Waals surface area contributed by atoms with Gasteiger partial charge >= 0.3 is 12.1 Å². The summed E-state index contributed by atoms with van der Waals surface area (Å²) in [6.07, 6.45) is 4.27. The Hall–Kier alpha value is -3.35. The Morgan fingerprint density at radius 2 is 1.57 bits per heavy atom. The number of aliphatic carboxylic acids is 1. The van der Waals surface area contributed by atoms with Gasteiger partial charge in [0.15, 0.2) is 0 Å². The Bertz CT molecular complexity index is 1080. The van der Waals surface area contributed by atoms with Gasteiger partial charge in [-0.2, -0.15) is 0 Å². The Labute approximate surface area is 205 Å². The number of benzene rings is 2. The quantitative estimate of drug-likeness (QED) is 0.496. The molecule has 0 aromatic heterocycles. The minimum absolute atomic E-state index is 0.00388. The Morgan fingerprint density at radius 3 is 2.20 bits per heavy atom. The minimum atomic E-state index is -0.872. The van der Waals surface area contributed by atoms with E-state index in [9.17, 15) is 14.4 Å². The number of carboxylic acid groups (broad SMARTS) is 1. The van der Waals surface area contributed by atoms with Gasteiger partial charge in [-0.05, 0) is 66.2 Å². The van der Waals surface area contributed by atoms with Crippen molar-refractivity contribution in [3.8, 4) is 11.1 Å². The van der Waals surface area contributed by atoms with E-state index in [2.05, 4.69) is 34.9 Å². The van der Waals surface area contributed by atoms with Gasteiger partial charge in [0.2, 0.25) is 5.91 Å². The molecule has 3 N–H and O–H groups in total. The number of hydrogen-bond donors (Lipinski definition) is 3. The molecule has 5 rings (SSSR count). The van der Waals surface area contributed by atoms with E-state index < -0.39 is 17.6 Å². The number of carbonyl (C=O) groups excluding carboxylic acids is 2. The number of alkyl carbamates (subject to hydrolysis) is 1. The van der Waals surface area contributed by atoms with Gasteiger partial charge in [0.1, 0.15) is 6.61 Å². The second kappa shape index (κ2) is 9.72. The van der Waals surface area contributed by atoms with E-state index in [1.54, 1.807) is 0 Å². The van der Waals surface area contributed by atoms with Crippen LogP contribution in [0.3, 0.4) is 0 Å². The molecule has 0 aliphatic heterocycles. The highest BCUT2D eigenvalue weighted by Crippen LogP contribution is 2.44. The molecule has 0 spiro atoms. The first-order valence-corrected chi connectivity index (χ1v) is 12.5. The fourth-order valence-electron chi connectivity index (χ4n) is 5.82. The predicted octanol–water partition coefficient (Wildman–Crippen LogP) is 4.46. The lowest BCUT2D eigenvalue weighted by Crippen LogP contribution is -2.39. The van der Waals surface area contributed by atoms with Crippen molar-refractivity contribution in [3.63, 3.8) is 0 Å². The van der Waals surface area contributed by atoms with Gasteiger partial charge in [-0.1, -0.05) is 48.5 Å². The monoisotopic (exact) mass is 476 g/mol. The molecule has 2 fully saturated rings. The van der Waals surface area contributed by atoms with Gasteiger partial charge in [-0.15, -0.1) is 0 Å². The lowest BCUT2D eigenvalue weighted by atomic mass is 9.98. The van der Waals surface area contributed by atoms with Gasteiger partial charge in [0.25, 0.3) is 0 Å². The maximum absolute atomic E-state index is 12.4. The van der Waals surface area contributed by atoms with Crippen LogP contribution in [0.4, 0.5) is 4.79 Å². The summed E-state index contributed by atoms with van der Waals surface area (Å²) in [5.41, 5.74) is 4.26. The summed E-state index contributed by atoms with van der Waals surface area (Å²) in [5, 5.41) is 14.9. The Kier molecular flexibility index (Phi) is 6.50. The number of hydrogen-bond acceptors (Lipinski definition) is 4. The van der Waals surface area contributed by atoms with Crippen LogP contribution in [-0.2, 0) is 14.3 Å². The second-order valence-corrected chi connectivity index (χ2v) is 10.4. The highest BCUT2D eigenvalue weighted by Gasteiger charge is 2.46. The highest BCUT2D eigenvalue weighted by atomic mass is 16.5. The normalized spacial score (nSPS) is 21.6. The zero-order valence-electron chi connectivity index (χ0n) is 19.8. The summed E-state index contributed by atoms with van der Waals surface area (Å²) in [6, 6.07) is 16.5. The summed E-state index contributed by atoms with van der Waals surface area (Å²) in [6.45, 7) is 0.836. The summed E-state index contributed by atoms with van der Waals surface area (Å²) < 4.78 is 5.62. The van der Waals surface area contributed by atoms with Gasteiger partial charge < -0.3 is 20.5 Å². The molecule has 7 nitrogen and oxygen atoms in total. The van der Waals surface area contributed by atoms with Crippen molar-refractivity contribution in [1.29, 1.82) is 0 Å². The van der Waals surface area contributed by atoms with Crippen molar-refractivity contribution < 1.29 is 24.2 Å². The van der Waals surface area contributed by atoms with E-state index in [1.165, 1.54) is 22.3 Å². The van der Waals surface area contributed by atoms with Gasteiger partial charge in [0.05, 0.1) is 12.0 Å². The minimum Gasteiger partial charge on any atom is -0.481 e. The van der Waals surface area contributed by atoms with Crippen molar-refractivity contribution in [2.75, 3.05) is 13.2 Å². The average Bonchev–Trinajstić information content (AvgIpc) is 3.29. The second-order valence-electron chi connectivity index (χ2n) is 10.4. The van der Waals surface area contributed by atoms with Crippen LogP contribution in [0.15, 0.2) is 48.5 Å². The van der Waals surface area contributed by atoms with E-state index in [0.717, 1.165) is 32.1 Å². The Morgan fingerprint density at radius 1 is 0.943 bits per heavy atom. The third kappa shape index (κ3) is 5.34. The molecule has 2 saturated carbocycles. The van der Waals surface area contributed by atoms with Crippen LogP contribution in [0.25, 0.3) is 11.1 Å². The zero-order valence-corrected chi connectivity index (χ0v) is 19.8. The molecule has 2 aromatic rings. The highest BCUT2D eigenvalue weighted by molar-refractivity contribution is 5.80. The third-order valence-electron chi connectivity index (χ3n) is 7.75. The maximum Gasteiger partial charge on any atom is 0.407 e. The number of fused-ring (bicyclic) bond motifs is 3. The van der Waals surface area contributed by atoms with E-state index in [0.29, 0.717) is 25.5 Å². The Balaban J connectivity index is 1.05. The molecule has 2 unspecified atom stereocenters. The van der Waals surface area contributed by atoms with Gasteiger partial charge in [0, 0.05) is 18.9 Å². The first kappa shape index (κ1) is 23.4. The molecule has 2 atom stereocenters. The fourth-order valence-corrected chi connectivity index (χ4v) is 5.82. The summed E-state index contributed by atoms with van der Waals surface area (Å²) in [4.78, 5) is 35.8. The summed E-state index contributed by atoms with van der Waals surface area (Å²) in [7, 11) is 0. The molecule has 2 amide bonds. The summed E-state index contributed by atoms with van der Waals surface area (Å²) >= 11 is 0. The first-order chi connectivity index (χ1) is 16.9. The third-order valence-corrected chi connectivity index (χ3v) is 7.75. The van der Waals surface area contributed by atoms with E-state index >= 15 is 0 Å². The molecule has 35 heavy (non-hydrogen) atoms. The lowest BCUT2D eigenvalue weighted by molar-refractivity contribution is -0.138. The predicted molar refractivity (Wildman–Crippen MR) is 131 cm³/mol. The van der Waals surface area contributed by atoms with E-state index in [4.69, 9.17) is 9.84 Å². The molecular formula is C28H32N2O5. The number of nitrogens with one attached hydrogen (secondary N) is 2. The average molecular weight is 477 g/mol. The molecule has 0 radical (unpaired) electrons. The summed E-state index contributed by atoms with van der Waals surface area (Å²) in [5.74, 6) is -0.299. The van der Waals surface area contributed by atoms with Gasteiger partial charge in [-0.25, -0.2) is 4.79 Å². The number of ether oxygens (including phenoxy) is 1. The molecule has 0 bridgehead atoms. The van der Waals surface area contributed by atoms with Crippen LogP contribution >= 0.6 is 0 Å². The first-order valence-electron chi connectivity index (χ1n) is 12.5. The number of rotatable bonds is 9. The van der Waals surface area contributed by atoms with Gasteiger partial charge in [-0.3, -0.25) is 9.59 Å². The maximum atomic E-state index is 12.4. The van der Waals surface area contributed by atoms with Crippen molar-refractivity contribution >= 4 is 18.0 Å². The molecule has 0 saturated heterocycles. The fraction of sp³-hybridized carbons (Fsp3) is 0.464. The van der Waals surface area contributed by atoms with Crippen molar-refractivity contribution in [3.05, 3.63) is 59.7 Å². The van der Waals surface area contributed by atoms with Crippen molar-refractivity contribution in [1.82, 2.24) is 10.6 Å². The van der Waals surface area contributed by atoms with Crippen LogP contribution in [0.5, 0.6) is 0 Å². The molecule has 2 aromatic carbocycles. The lowest BCUT2D eigenvalue weighted by Gasteiger charge is -2.17. The molecule has 0 heterocycles. The molecular weight excluding hydrogens is 444 g/mol. The van der Waals surface area contributed by atoms with Crippen LogP contribution in [-0.4, -0.2) is 41.8 Å². The number of amides is 2. The molecule has 3 aliphatic carbocycles. The molecule has 184 valence electrons.